The predicted molar refractivity (Wildman–Crippen MR) is 114 cm³/mol. The third kappa shape index (κ3) is 4.43. The van der Waals surface area contributed by atoms with Crippen LogP contribution in [0.1, 0.15) is 74.4 Å². The fourth-order valence-electron chi connectivity index (χ4n) is 5.45. The van der Waals surface area contributed by atoms with Crippen molar-refractivity contribution in [3.63, 3.8) is 0 Å². The molecule has 2 atom stereocenters. The van der Waals surface area contributed by atoms with E-state index in [0.717, 1.165) is 35.6 Å². The third-order valence-electron chi connectivity index (χ3n) is 7.30. The van der Waals surface area contributed by atoms with Crippen molar-refractivity contribution >= 4 is 11.7 Å². The highest BCUT2D eigenvalue weighted by molar-refractivity contribution is 5.67. The van der Waals surface area contributed by atoms with E-state index in [2.05, 4.69) is 11.9 Å². The maximum atomic E-state index is 13.1. The van der Waals surface area contributed by atoms with Crippen LogP contribution in [0.3, 0.4) is 0 Å². The fraction of sp³-hybridized carbons (Fsp3) is 0.696. The first-order valence-corrected chi connectivity index (χ1v) is 11.5. The van der Waals surface area contributed by atoms with Gasteiger partial charge in [0.05, 0.1) is 24.4 Å². The molecule has 1 saturated carbocycles. The van der Waals surface area contributed by atoms with Gasteiger partial charge in [-0.3, -0.25) is 0 Å². The summed E-state index contributed by atoms with van der Waals surface area (Å²) in [5, 5.41) is 4.84. The molecule has 4 rings (SSSR count). The molecular weight excluding hydrogens is 421 g/mol. The van der Waals surface area contributed by atoms with Crippen molar-refractivity contribution in [2.75, 3.05) is 20.2 Å². The lowest BCUT2D eigenvalue weighted by molar-refractivity contribution is -0.182. The van der Waals surface area contributed by atoms with Crippen molar-refractivity contribution in [1.29, 1.82) is 0 Å². The molecule has 2 aromatic heterocycles. The van der Waals surface area contributed by atoms with E-state index in [4.69, 9.17) is 9.84 Å². The lowest BCUT2D eigenvalue weighted by Gasteiger charge is -2.37. The summed E-state index contributed by atoms with van der Waals surface area (Å²) in [5.74, 6) is -0.700. The van der Waals surface area contributed by atoms with Crippen molar-refractivity contribution in [3.05, 3.63) is 29.2 Å². The second-order valence-corrected chi connectivity index (χ2v) is 9.23. The molecule has 1 saturated heterocycles. The summed E-state index contributed by atoms with van der Waals surface area (Å²) in [6, 6.07) is 3.95. The molecule has 2 aromatic rings. The van der Waals surface area contributed by atoms with E-state index in [9.17, 15) is 18.0 Å². The predicted octanol–water partition coefficient (Wildman–Crippen LogP) is 5.46. The number of aryl methyl sites for hydroxylation is 1. The molecule has 2 fully saturated rings. The molecule has 3 heterocycles. The summed E-state index contributed by atoms with van der Waals surface area (Å²) in [6.45, 7) is 5.31. The van der Waals surface area contributed by atoms with Gasteiger partial charge in [-0.05, 0) is 51.0 Å². The van der Waals surface area contributed by atoms with E-state index in [1.54, 1.807) is 4.90 Å². The zero-order valence-electron chi connectivity index (χ0n) is 18.9. The molecule has 1 aliphatic heterocycles. The molecule has 2 unspecified atom stereocenters. The summed E-state index contributed by atoms with van der Waals surface area (Å²) < 4.78 is 46.0. The first-order chi connectivity index (χ1) is 15.2. The Labute approximate surface area is 186 Å². The quantitative estimate of drug-likeness (QED) is 0.621. The van der Waals surface area contributed by atoms with E-state index < -0.39 is 12.1 Å². The molecule has 0 N–H and O–H groups in total. The van der Waals surface area contributed by atoms with Gasteiger partial charge in [0.15, 0.2) is 5.65 Å². The van der Waals surface area contributed by atoms with Crippen LogP contribution in [0, 0.1) is 18.8 Å². The van der Waals surface area contributed by atoms with Gasteiger partial charge in [0, 0.05) is 36.7 Å². The molecule has 32 heavy (non-hydrogen) atoms. The smallest absolute Gasteiger partial charge is 0.409 e. The number of ether oxygens (including phenoxy) is 1. The van der Waals surface area contributed by atoms with Crippen molar-refractivity contribution in [2.45, 2.75) is 70.4 Å². The van der Waals surface area contributed by atoms with Crippen LogP contribution in [0.25, 0.3) is 5.65 Å². The van der Waals surface area contributed by atoms with E-state index in [0.29, 0.717) is 31.8 Å². The number of hydrogen-bond acceptors (Lipinski definition) is 4. The second-order valence-electron chi connectivity index (χ2n) is 9.23. The second kappa shape index (κ2) is 8.90. The Morgan fingerprint density at radius 2 is 1.91 bits per heavy atom. The van der Waals surface area contributed by atoms with Crippen LogP contribution >= 0.6 is 0 Å². The maximum Gasteiger partial charge on any atom is 0.409 e. The Morgan fingerprint density at radius 3 is 2.53 bits per heavy atom. The van der Waals surface area contributed by atoms with Crippen molar-refractivity contribution in [2.24, 2.45) is 11.8 Å². The molecule has 0 bridgehead atoms. The van der Waals surface area contributed by atoms with E-state index in [1.165, 1.54) is 7.11 Å². The number of carbonyl (C=O) groups is 1. The minimum absolute atomic E-state index is 0.0170. The summed E-state index contributed by atoms with van der Waals surface area (Å²) >= 11 is 0. The molecule has 0 spiro atoms. The number of hydrogen-bond donors (Lipinski definition) is 0. The Kier molecular flexibility index (Phi) is 6.36. The van der Waals surface area contributed by atoms with Gasteiger partial charge in [-0.15, -0.1) is 0 Å². The standard InChI is InChI=1S/C23H31F3N4O2/c1-4-15-9-10-29(22(31)32-3)13-18(15)20-11-14(2)27-21-12-19(28-30(20)21)16-5-7-17(8-6-16)23(24,25)26/h11-12,15-18H,4-10,13H2,1-3H3/t15?,16-,17-,18?. The fourth-order valence-corrected chi connectivity index (χ4v) is 5.45. The molecule has 0 aromatic carbocycles. The summed E-state index contributed by atoms with van der Waals surface area (Å²) in [6.07, 6.45) is -1.30. The zero-order valence-corrected chi connectivity index (χ0v) is 18.9. The van der Waals surface area contributed by atoms with Gasteiger partial charge >= 0.3 is 12.3 Å². The number of fused-ring (bicyclic) bond motifs is 1. The van der Waals surface area contributed by atoms with E-state index in [1.807, 2.05) is 23.6 Å². The van der Waals surface area contributed by atoms with Crippen LogP contribution in [0.15, 0.2) is 12.1 Å². The lowest BCUT2D eigenvalue weighted by atomic mass is 9.80. The molecule has 1 aliphatic carbocycles. The highest BCUT2D eigenvalue weighted by Gasteiger charge is 2.42. The Bertz CT molecular complexity index is 966. The highest BCUT2D eigenvalue weighted by Crippen LogP contribution is 2.43. The van der Waals surface area contributed by atoms with Crippen LogP contribution in [0.5, 0.6) is 0 Å². The van der Waals surface area contributed by atoms with Crippen LogP contribution in [-0.2, 0) is 4.74 Å². The third-order valence-corrected chi connectivity index (χ3v) is 7.30. The van der Waals surface area contributed by atoms with Gasteiger partial charge in [0.1, 0.15) is 0 Å². The number of carbonyl (C=O) groups excluding carboxylic acids is 1. The molecule has 6 nitrogen and oxygen atoms in total. The molecular formula is C23H31F3N4O2. The minimum Gasteiger partial charge on any atom is -0.453 e. The van der Waals surface area contributed by atoms with Gasteiger partial charge in [-0.2, -0.15) is 18.3 Å². The molecule has 176 valence electrons. The zero-order chi connectivity index (χ0) is 23.0. The lowest BCUT2D eigenvalue weighted by Crippen LogP contribution is -2.43. The van der Waals surface area contributed by atoms with Crippen molar-refractivity contribution in [3.8, 4) is 0 Å². The Morgan fingerprint density at radius 1 is 1.19 bits per heavy atom. The number of rotatable bonds is 3. The van der Waals surface area contributed by atoms with Crippen molar-refractivity contribution in [1.82, 2.24) is 19.5 Å². The summed E-state index contributed by atoms with van der Waals surface area (Å²) in [5.41, 5.74) is 3.41. The number of aromatic nitrogens is 3. The first-order valence-electron chi connectivity index (χ1n) is 11.5. The summed E-state index contributed by atoms with van der Waals surface area (Å²) in [7, 11) is 1.39. The van der Waals surface area contributed by atoms with E-state index >= 15 is 0 Å². The number of alkyl halides is 3. The van der Waals surface area contributed by atoms with E-state index in [-0.39, 0.29) is 30.8 Å². The van der Waals surface area contributed by atoms with Crippen molar-refractivity contribution < 1.29 is 22.7 Å². The number of piperidine rings is 1. The molecule has 9 heteroatoms. The molecule has 2 aliphatic rings. The van der Waals surface area contributed by atoms with Gasteiger partial charge in [0.25, 0.3) is 0 Å². The van der Waals surface area contributed by atoms with Gasteiger partial charge in [-0.25, -0.2) is 14.3 Å². The van der Waals surface area contributed by atoms with Crippen LogP contribution in [0.4, 0.5) is 18.0 Å². The molecule has 0 radical (unpaired) electrons. The maximum absolute atomic E-state index is 13.1. The number of amides is 1. The number of methoxy groups -OCH3 is 1. The normalized spacial score (nSPS) is 27.0. The highest BCUT2D eigenvalue weighted by atomic mass is 19.4. The SMILES string of the molecule is CCC1CCN(C(=O)OC)CC1c1cc(C)nc2cc([C@H]3CC[C@H](C(F)(F)F)CC3)nn12. The van der Waals surface area contributed by atoms with Crippen LogP contribution < -0.4 is 0 Å². The number of nitrogens with zero attached hydrogens (tertiary/aromatic N) is 4. The Balaban J connectivity index is 1.64. The van der Waals surface area contributed by atoms with Crippen LogP contribution in [-0.4, -0.2) is 52.0 Å². The van der Waals surface area contributed by atoms with Gasteiger partial charge in [-0.1, -0.05) is 13.3 Å². The average molecular weight is 453 g/mol. The number of halogens is 3. The van der Waals surface area contributed by atoms with Gasteiger partial charge < -0.3 is 9.64 Å². The minimum atomic E-state index is -4.11. The number of likely N-dealkylation sites (tertiary alicyclic amines) is 1. The average Bonchev–Trinajstić information content (AvgIpc) is 3.21. The largest absolute Gasteiger partial charge is 0.453 e. The summed E-state index contributed by atoms with van der Waals surface area (Å²) in [4.78, 5) is 18.5. The Hall–Kier alpha value is -2.32. The molecule has 1 amide bonds. The monoisotopic (exact) mass is 452 g/mol. The first kappa shape index (κ1) is 22.9. The van der Waals surface area contributed by atoms with Crippen LogP contribution in [0.2, 0.25) is 0 Å². The van der Waals surface area contributed by atoms with Gasteiger partial charge in [0.2, 0.25) is 0 Å². The topological polar surface area (TPSA) is 59.7 Å².